The van der Waals surface area contributed by atoms with Gasteiger partial charge in [0, 0.05) is 13.1 Å². The van der Waals surface area contributed by atoms with E-state index in [0.29, 0.717) is 11.3 Å². The molecule has 0 N–H and O–H groups in total. The quantitative estimate of drug-likeness (QED) is 0.608. The molecule has 92 valence electrons. The summed E-state index contributed by atoms with van der Waals surface area (Å²) in [5.41, 5.74) is 0.639. The standard InChI is InChI=1S/C13H17NO2S/c1-17-14-8-6-12(7-9-14)16-13-5-3-2-4-11(13)10-15/h2-5,10,12H,6-9H2,1H3. The van der Waals surface area contributed by atoms with Gasteiger partial charge in [0.05, 0.1) is 5.56 Å². The number of benzene rings is 1. The SMILES string of the molecule is CSN1CCC(Oc2ccccc2C=O)CC1. The number of aldehydes is 1. The van der Waals surface area contributed by atoms with Crippen molar-refractivity contribution in [2.75, 3.05) is 19.3 Å². The van der Waals surface area contributed by atoms with Crippen molar-refractivity contribution in [3.05, 3.63) is 29.8 Å². The average Bonchev–Trinajstić information content (AvgIpc) is 2.40. The summed E-state index contributed by atoms with van der Waals surface area (Å²) in [6.07, 6.45) is 5.23. The van der Waals surface area contributed by atoms with E-state index in [-0.39, 0.29) is 6.10 Å². The molecule has 0 amide bonds. The number of ether oxygens (including phenoxy) is 1. The molecule has 0 atom stereocenters. The maximum atomic E-state index is 10.9. The number of carbonyl (C=O) groups is 1. The second-order valence-electron chi connectivity index (χ2n) is 4.08. The van der Waals surface area contributed by atoms with Gasteiger partial charge in [-0.1, -0.05) is 24.1 Å². The Bertz CT molecular complexity index is 375. The summed E-state index contributed by atoms with van der Waals surface area (Å²) >= 11 is 1.78. The second-order valence-corrected chi connectivity index (χ2v) is 4.97. The Morgan fingerprint density at radius 2 is 2.06 bits per heavy atom. The fraction of sp³-hybridized carbons (Fsp3) is 0.462. The minimum atomic E-state index is 0.236. The van der Waals surface area contributed by atoms with Gasteiger partial charge in [-0.2, -0.15) is 0 Å². The fourth-order valence-corrected chi connectivity index (χ4v) is 2.57. The molecule has 4 heteroatoms. The zero-order valence-electron chi connectivity index (χ0n) is 9.96. The number of piperidine rings is 1. The van der Waals surface area contributed by atoms with E-state index >= 15 is 0 Å². The molecule has 0 saturated carbocycles. The van der Waals surface area contributed by atoms with Gasteiger partial charge >= 0.3 is 0 Å². The van der Waals surface area contributed by atoms with Gasteiger partial charge in [-0.3, -0.25) is 9.10 Å². The van der Waals surface area contributed by atoms with E-state index in [0.717, 1.165) is 32.2 Å². The lowest BCUT2D eigenvalue weighted by Gasteiger charge is -2.30. The third kappa shape index (κ3) is 3.23. The fourth-order valence-electron chi connectivity index (χ4n) is 2.00. The molecule has 1 aromatic rings. The van der Waals surface area contributed by atoms with Crippen molar-refractivity contribution in [1.82, 2.24) is 4.31 Å². The highest BCUT2D eigenvalue weighted by Crippen LogP contribution is 2.23. The summed E-state index contributed by atoms with van der Waals surface area (Å²) in [4.78, 5) is 10.9. The molecule has 1 aromatic carbocycles. The third-order valence-corrected chi connectivity index (χ3v) is 3.88. The number of carbonyl (C=O) groups excluding carboxylic acids is 1. The van der Waals surface area contributed by atoms with Crippen molar-refractivity contribution in [2.24, 2.45) is 0 Å². The van der Waals surface area contributed by atoms with Crippen molar-refractivity contribution in [2.45, 2.75) is 18.9 Å². The summed E-state index contributed by atoms with van der Waals surface area (Å²) < 4.78 is 8.24. The first-order valence-corrected chi connectivity index (χ1v) is 7.01. The zero-order valence-corrected chi connectivity index (χ0v) is 10.8. The summed E-state index contributed by atoms with van der Waals surface area (Å²) in [5.74, 6) is 0.713. The number of hydrogen-bond acceptors (Lipinski definition) is 4. The van der Waals surface area contributed by atoms with E-state index in [1.807, 2.05) is 18.2 Å². The lowest BCUT2D eigenvalue weighted by molar-refractivity contribution is 0.110. The Balaban J connectivity index is 1.95. The highest BCUT2D eigenvalue weighted by molar-refractivity contribution is 7.96. The minimum absolute atomic E-state index is 0.236. The van der Waals surface area contributed by atoms with Crippen molar-refractivity contribution in [3.63, 3.8) is 0 Å². The van der Waals surface area contributed by atoms with Crippen LogP contribution < -0.4 is 4.74 Å². The Morgan fingerprint density at radius 1 is 1.35 bits per heavy atom. The van der Waals surface area contributed by atoms with Crippen molar-refractivity contribution in [3.8, 4) is 5.75 Å². The largest absolute Gasteiger partial charge is 0.490 e. The summed E-state index contributed by atoms with van der Waals surface area (Å²) in [6, 6.07) is 7.41. The smallest absolute Gasteiger partial charge is 0.153 e. The van der Waals surface area contributed by atoms with E-state index in [1.165, 1.54) is 0 Å². The number of rotatable bonds is 4. The zero-order chi connectivity index (χ0) is 12.1. The highest BCUT2D eigenvalue weighted by atomic mass is 32.2. The summed E-state index contributed by atoms with van der Waals surface area (Å²) in [7, 11) is 0. The molecule has 0 unspecified atom stereocenters. The number of para-hydroxylation sites is 1. The average molecular weight is 251 g/mol. The van der Waals surface area contributed by atoms with Gasteiger partial charge in [0.15, 0.2) is 6.29 Å². The van der Waals surface area contributed by atoms with Gasteiger partial charge < -0.3 is 4.74 Å². The molecule has 1 fully saturated rings. The summed E-state index contributed by atoms with van der Waals surface area (Å²) in [6.45, 7) is 2.10. The van der Waals surface area contributed by atoms with Crippen LogP contribution in [-0.2, 0) is 0 Å². The molecule has 1 aliphatic rings. The van der Waals surface area contributed by atoms with Crippen molar-refractivity contribution < 1.29 is 9.53 Å². The predicted molar refractivity (Wildman–Crippen MR) is 70.6 cm³/mol. The van der Waals surface area contributed by atoms with Gasteiger partial charge in [-0.05, 0) is 31.2 Å². The van der Waals surface area contributed by atoms with Crippen LogP contribution in [-0.4, -0.2) is 36.0 Å². The first-order valence-electron chi connectivity index (χ1n) is 5.83. The van der Waals surface area contributed by atoms with E-state index in [2.05, 4.69) is 10.6 Å². The maximum absolute atomic E-state index is 10.9. The van der Waals surface area contributed by atoms with Crippen LogP contribution in [0, 0.1) is 0 Å². The molecule has 1 saturated heterocycles. The Labute approximate surface area is 106 Å². The van der Waals surface area contributed by atoms with Crippen LogP contribution in [0.25, 0.3) is 0 Å². The molecular formula is C13H17NO2S. The molecule has 0 bridgehead atoms. The van der Waals surface area contributed by atoms with E-state index in [4.69, 9.17) is 4.74 Å². The van der Waals surface area contributed by atoms with Crippen LogP contribution in [0.15, 0.2) is 24.3 Å². The molecule has 0 radical (unpaired) electrons. The van der Waals surface area contributed by atoms with Gasteiger partial charge in [-0.25, -0.2) is 0 Å². The lowest BCUT2D eigenvalue weighted by atomic mass is 10.1. The van der Waals surface area contributed by atoms with Gasteiger partial charge in [0.25, 0.3) is 0 Å². The van der Waals surface area contributed by atoms with Crippen molar-refractivity contribution >= 4 is 18.2 Å². The van der Waals surface area contributed by atoms with Crippen LogP contribution >= 0.6 is 11.9 Å². The second kappa shape index (κ2) is 6.07. The first-order chi connectivity index (χ1) is 8.33. The number of hydrogen-bond donors (Lipinski definition) is 0. The van der Waals surface area contributed by atoms with Crippen LogP contribution in [0.3, 0.4) is 0 Å². The molecule has 0 aliphatic carbocycles. The molecule has 17 heavy (non-hydrogen) atoms. The Morgan fingerprint density at radius 3 is 2.71 bits per heavy atom. The molecular weight excluding hydrogens is 234 g/mol. The van der Waals surface area contributed by atoms with E-state index in [1.54, 1.807) is 18.0 Å². The van der Waals surface area contributed by atoms with Gasteiger partial charge in [0.1, 0.15) is 11.9 Å². The van der Waals surface area contributed by atoms with E-state index in [9.17, 15) is 4.79 Å². The molecule has 0 spiro atoms. The van der Waals surface area contributed by atoms with Gasteiger partial charge in [-0.15, -0.1) is 0 Å². The van der Waals surface area contributed by atoms with Crippen LogP contribution in [0.5, 0.6) is 5.75 Å². The van der Waals surface area contributed by atoms with Gasteiger partial charge in [0.2, 0.25) is 0 Å². The van der Waals surface area contributed by atoms with Crippen LogP contribution in [0.4, 0.5) is 0 Å². The van der Waals surface area contributed by atoms with Crippen LogP contribution in [0.2, 0.25) is 0 Å². The topological polar surface area (TPSA) is 29.5 Å². The normalized spacial score (nSPS) is 17.9. The molecule has 0 aromatic heterocycles. The predicted octanol–water partition coefficient (Wildman–Crippen LogP) is 2.62. The minimum Gasteiger partial charge on any atom is -0.490 e. The van der Waals surface area contributed by atoms with E-state index < -0.39 is 0 Å². The molecule has 1 heterocycles. The highest BCUT2D eigenvalue weighted by Gasteiger charge is 2.20. The monoisotopic (exact) mass is 251 g/mol. The van der Waals surface area contributed by atoms with Crippen LogP contribution in [0.1, 0.15) is 23.2 Å². The Kier molecular flexibility index (Phi) is 4.45. The maximum Gasteiger partial charge on any atom is 0.153 e. The lowest BCUT2D eigenvalue weighted by Crippen LogP contribution is -2.34. The summed E-state index contributed by atoms with van der Waals surface area (Å²) in [5, 5.41) is 0. The molecule has 2 rings (SSSR count). The Hall–Kier alpha value is -1.00. The molecule has 1 aliphatic heterocycles. The number of nitrogens with zero attached hydrogens (tertiary/aromatic N) is 1. The van der Waals surface area contributed by atoms with Crippen molar-refractivity contribution in [1.29, 1.82) is 0 Å². The third-order valence-electron chi connectivity index (χ3n) is 3.00. The first kappa shape index (κ1) is 12.5. The molecule has 3 nitrogen and oxygen atoms in total.